The zero-order valence-corrected chi connectivity index (χ0v) is 22.7. The van der Waals surface area contributed by atoms with Crippen LogP contribution < -0.4 is 10.4 Å². The molecule has 0 aliphatic heterocycles. The molecule has 4 rings (SSSR count). The normalized spacial score (nSPS) is 13.2. The van der Waals surface area contributed by atoms with Gasteiger partial charge in [0.15, 0.2) is 6.29 Å². The lowest BCUT2D eigenvalue weighted by Gasteiger charge is -2.43. The molecule has 0 amide bonds. The fourth-order valence-electron chi connectivity index (χ4n) is 4.78. The lowest BCUT2D eigenvalue weighted by molar-refractivity contribution is 0.111. The van der Waals surface area contributed by atoms with Crippen molar-refractivity contribution in [1.82, 2.24) is 9.78 Å². The lowest BCUT2D eigenvalue weighted by Crippen LogP contribution is -2.66. The highest BCUT2D eigenvalue weighted by Gasteiger charge is 2.50. The first kappa shape index (κ1) is 24.6. The molecule has 1 atom stereocenters. The fraction of sp³-hybridized carbons (Fsp3) is 0.286. The van der Waals surface area contributed by atoms with E-state index in [1.54, 1.807) is 0 Å². The molecule has 1 heterocycles. The number of halogens is 1. The molecule has 0 saturated carbocycles. The van der Waals surface area contributed by atoms with Gasteiger partial charge in [-0.1, -0.05) is 104 Å². The monoisotopic (exact) mass is 534 g/mol. The molecule has 0 bridgehead atoms. The van der Waals surface area contributed by atoms with Gasteiger partial charge < -0.3 is 4.43 Å². The van der Waals surface area contributed by atoms with Gasteiger partial charge in [-0.2, -0.15) is 5.10 Å². The molecule has 0 spiro atoms. The third-order valence-electron chi connectivity index (χ3n) is 6.34. The number of benzene rings is 3. The SMILES string of the molecule is C[C@H](CO[Si](c1ccccc1)(c1ccccc1)C(C)(C)C)Cn1nc(C=O)c2ccc(Br)cc21. The van der Waals surface area contributed by atoms with Crippen molar-refractivity contribution in [3.8, 4) is 0 Å². The molecule has 0 aliphatic rings. The maximum Gasteiger partial charge on any atom is 0.261 e. The largest absolute Gasteiger partial charge is 0.407 e. The van der Waals surface area contributed by atoms with Gasteiger partial charge in [-0.05, 0) is 39.5 Å². The number of hydrogen-bond acceptors (Lipinski definition) is 3. The Hall–Kier alpha value is -2.54. The molecular formula is C28H31BrN2O2Si. The zero-order chi connectivity index (χ0) is 24.3. The summed E-state index contributed by atoms with van der Waals surface area (Å²) in [5.41, 5.74) is 1.43. The molecule has 3 aromatic carbocycles. The van der Waals surface area contributed by atoms with Crippen LogP contribution in [0.5, 0.6) is 0 Å². The van der Waals surface area contributed by atoms with Crippen LogP contribution in [0.15, 0.2) is 83.3 Å². The summed E-state index contributed by atoms with van der Waals surface area (Å²) < 4.78 is 9.99. The number of carbonyl (C=O) groups excluding carboxylic acids is 1. The predicted molar refractivity (Wildman–Crippen MR) is 146 cm³/mol. The number of nitrogens with zero attached hydrogens (tertiary/aromatic N) is 2. The highest BCUT2D eigenvalue weighted by atomic mass is 79.9. The van der Waals surface area contributed by atoms with E-state index >= 15 is 0 Å². The number of aromatic nitrogens is 2. The second kappa shape index (κ2) is 9.98. The first-order valence-corrected chi connectivity index (χ1v) is 14.3. The van der Waals surface area contributed by atoms with Gasteiger partial charge in [-0.25, -0.2) is 0 Å². The van der Waals surface area contributed by atoms with Gasteiger partial charge in [0.1, 0.15) is 5.69 Å². The standard InChI is InChI=1S/C28H31BrN2O2Si/c1-21(18-31-27-17-22(29)15-16-25(27)26(19-32)30-31)20-33-34(28(2,3)4,23-11-7-5-8-12-23)24-13-9-6-10-14-24/h5-17,19,21H,18,20H2,1-4H3/t21-/m0/s1. The van der Waals surface area contributed by atoms with Crippen molar-refractivity contribution >= 4 is 51.8 Å². The van der Waals surface area contributed by atoms with Crippen LogP contribution in [-0.2, 0) is 11.0 Å². The summed E-state index contributed by atoms with van der Waals surface area (Å²) in [5, 5.41) is 7.94. The number of fused-ring (bicyclic) bond motifs is 1. The highest BCUT2D eigenvalue weighted by Crippen LogP contribution is 2.37. The lowest BCUT2D eigenvalue weighted by atomic mass is 10.2. The minimum absolute atomic E-state index is 0.0661. The van der Waals surface area contributed by atoms with E-state index in [0.717, 1.165) is 21.7 Å². The Morgan fingerprint density at radius 3 is 2.12 bits per heavy atom. The third-order valence-corrected chi connectivity index (χ3v) is 11.8. The van der Waals surface area contributed by atoms with Gasteiger partial charge in [-0.3, -0.25) is 9.48 Å². The van der Waals surface area contributed by atoms with Crippen LogP contribution in [0.3, 0.4) is 0 Å². The van der Waals surface area contributed by atoms with E-state index in [1.165, 1.54) is 10.4 Å². The summed E-state index contributed by atoms with van der Waals surface area (Å²) in [6, 6.07) is 27.3. The smallest absolute Gasteiger partial charge is 0.261 e. The summed E-state index contributed by atoms with van der Waals surface area (Å²) >= 11 is 3.55. The van der Waals surface area contributed by atoms with Gasteiger partial charge in [0.2, 0.25) is 0 Å². The maximum absolute atomic E-state index is 11.6. The van der Waals surface area contributed by atoms with Gasteiger partial charge in [-0.15, -0.1) is 0 Å². The zero-order valence-electron chi connectivity index (χ0n) is 20.2. The molecule has 0 saturated heterocycles. The molecule has 4 nitrogen and oxygen atoms in total. The number of rotatable bonds is 8. The van der Waals surface area contributed by atoms with Gasteiger partial charge >= 0.3 is 0 Å². The first-order chi connectivity index (χ1) is 16.3. The minimum atomic E-state index is -2.59. The molecule has 0 unspecified atom stereocenters. The predicted octanol–water partition coefficient (Wildman–Crippen LogP) is 5.82. The van der Waals surface area contributed by atoms with Gasteiger partial charge in [0.25, 0.3) is 8.32 Å². The summed E-state index contributed by atoms with van der Waals surface area (Å²) in [7, 11) is -2.59. The van der Waals surface area contributed by atoms with Crippen molar-refractivity contribution in [2.75, 3.05) is 6.61 Å². The molecule has 34 heavy (non-hydrogen) atoms. The molecule has 4 aromatic rings. The summed E-state index contributed by atoms with van der Waals surface area (Å²) in [5.74, 6) is 0.197. The van der Waals surface area contributed by atoms with Crippen molar-refractivity contribution in [2.45, 2.75) is 39.3 Å². The van der Waals surface area contributed by atoms with E-state index in [4.69, 9.17) is 4.43 Å². The summed E-state index contributed by atoms with van der Waals surface area (Å²) in [4.78, 5) is 11.6. The molecule has 0 fully saturated rings. The van der Waals surface area contributed by atoms with E-state index in [1.807, 2.05) is 22.9 Å². The van der Waals surface area contributed by atoms with E-state index in [-0.39, 0.29) is 11.0 Å². The van der Waals surface area contributed by atoms with Crippen molar-refractivity contribution in [3.05, 3.63) is 89.0 Å². The first-order valence-electron chi connectivity index (χ1n) is 11.6. The highest BCUT2D eigenvalue weighted by molar-refractivity contribution is 9.10. The Labute approximate surface area is 211 Å². The van der Waals surface area contributed by atoms with Crippen LogP contribution in [0.25, 0.3) is 10.9 Å². The summed E-state index contributed by atoms with van der Waals surface area (Å²) in [6.45, 7) is 10.3. The fourth-order valence-corrected chi connectivity index (χ4v) is 9.81. The van der Waals surface area contributed by atoms with Crippen LogP contribution in [0.2, 0.25) is 5.04 Å². The Morgan fingerprint density at radius 1 is 1.00 bits per heavy atom. The van der Waals surface area contributed by atoms with Crippen molar-refractivity contribution < 1.29 is 9.22 Å². The molecule has 0 aliphatic carbocycles. The topological polar surface area (TPSA) is 44.1 Å². The van der Waals surface area contributed by atoms with Crippen LogP contribution in [-0.4, -0.2) is 31.0 Å². The van der Waals surface area contributed by atoms with E-state index in [2.05, 4.69) is 109 Å². The van der Waals surface area contributed by atoms with E-state index in [9.17, 15) is 4.79 Å². The molecule has 1 aromatic heterocycles. The molecule has 0 radical (unpaired) electrons. The summed E-state index contributed by atoms with van der Waals surface area (Å²) in [6.07, 6.45) is 0.830. The van der Waals surface area contributed by atoms with Gasteiger partial charge in [0, 0.05) is 23.0 Å². The van der Waals surface area contributed by atoms with Crippen molar-refractivity contribution in [1.29, 1.82) is 0 Å². The second-order valence-electron chi connectivity index (χ2n) is 9.93. The van der Waals surface area contributed by atoms with E-state index in [0.29, 0.717) is 18.8 Å². The molecule has 6 heteroatoms. The molecular weight excluding hydrogens is 504 g/mol. The Balaban J connectivity index is 1.67. The Morgan fingerprint density at radius 2 is 1.59 bits per heavy atom. The number of carbonyl (C=O) groups is 1. The molecule has 176 valence electrons. The van der Waals surface area contributed by atoms with Crippen molar-refractivity contribution in [2.24, 2.45) is 5.92 Å². The second-order valence-corrected chi connectivity index (χ2v) is 15.1. The Bertz CT molecular complexity index is 1230. The third kappa shape index (κ3) is 4.67. The Kier molecular flexibility index (Phi) is 7.21. The van der Waals surface area contributed by atoms with E-state index < -0.39 is 8.32 Å². The number of aldehydes is 1. The van der Waals surface area contributed by atoms with Crippen LogP contribution in [0, 0.1) is 5.92 Å². The van der Waals surface area contributed by atoms with Crippen molar-refractivity contribution in [3.63, 3.8) is 0 Å². The van der Waals surface area contributed by atoms with Crippen LogP contribution >= 0.6 is 15.9 Å². The maximum atomic E-state index is 11.6. The van der Waals surface area contributed by atoms with Gasteiger partial charge in [0.05, 0.1) is 5.52 Å². The average Bonchev–Trinajstić information content (AvgIpc) is 3.16. The number of hydrogen-bond donors (Lipinski definition) is 0. The van der Waals surface area contributed by atoms with Crippen LogP contribution in [0.4, 0.5) is 0 Å². The quantitative estimate of drug-likeness (QED) is 0.211. The van der Waals surface area contributed by atoms with Crippen LogP contribution in [0.1, 0.15) is 38.2 Å². The minimum Gasteiger partial charge on any atom is -0.407 e. The average molecular weight is 536 g/mol. The molecule has 0 N–H and O–H groups in total.